The molecule has 0 saturated heterocycles. The molecule has 2 heterocycles. The molecule has 0 saturated carbocycles. The van der Waals surface area contributed by atoms with Crippen LogP contribution in [-0.2, 0) is 10.0 Å². The highest BCUT2D eigenvalue weighted by atomic mass is 35.5. The highest BCUT2D eigenvalue weighted by Crippen LogP contribution is 2.31. The summed E-state index contributed by atoms with van der Waals surface area (Å²) in [5, 5.41) is 6.60. The first kappa shape index (κ1) is 19.9. The molecule has 1 aromatic carbocycles. The maximum Gasteiger partial charge on any atom is 0.265 e. The molecule has 2 aromatic heterocycles. The Kier molecular flexibility index (Phi) is 5.18. The average Bonchev–Trinajstić information content (AvgIpc) is 3.23. The summed E-state index contributed by atoms with van der Waals surface area (Å²) in [6.45, 7) is 1.44. The molecule has 1 amide bonds. The molecule has 0 aliphatic carbocycles. The van der Waals surface area contributed by atoms with Gasteiger partial charge in [-0.3, -0.25) is 14.6 Å². The number of carbonyl (C=O) groups excluding carboxylic acids is 1. The number of nitrogens with zero attached hydrogens (tertiary/aromatic N) is 2. The Balaban J connectivity index is 1.99. The molecule has 0 atom stereocenters. The molecule has 0 aliphatic heterocycles. The van der Waals surface area contributed by atoms with Gasteiger partial charge in [0.15, 0.2) is 5.76 Å². The van der Waals surface area contributed by atoms with Gasteiger partial charge in [0.05, 0.1) is 17.4 Å². The number of aryl methyl sites for hydroxylation is 1. The standard InChI is InChI=1S/C17H16ClFN4O4S/c1-9-15(28(25,26)22-13-5-4-10(18)6-12(13)19)7-14(27-9)16-11(8-20-21-16)17(24)23(2)3/h4-8,22H,1-3H3,(H,20,21). The third-order valence-electron chi connectivity index (χ3n) is 3.86. The van der Waals surface area contributed by atoms with Crippen molar-refractivity contribution in [2.45, 2.75) is 11.8 Å². The Morgan fingerprint density at radius 1 is 1.32 bits per heavy atom. The molecule has 3 aromatic rings. The Bertz CT molecular complexity index is 1150. The van der Waals surface area contributed by atoms with Crippen molar-refractivity contribution in [3.63, 3.8) is 0 Å². The van der Waals surface area contributed by atoms with Gasteiger partial charge in [-0.1, -0.05) is 11.6 Å². The second kappa shape index (κ2) is 7.28. The Labute approximate surface area is 165 Å². The summed E-state index contributed by atoms with van der Waals surface area (Å²) < 4.78 is 47.0. The number of amides is 1. The number of H-pyrrole nitrogens is 1. The highest BCUT2D eigenvalue weighted by molar-refractivity contribution is 7.92. The van der Waals surface area contributed by atoms with E-state index in [4.69, 9.17) is 16.0 Å². The van der Waals surface area contributed by atoms with E-state index in [-0.39, 0.29) is 44.3 Å². The molecule has 11 heteroatoms. The van der Waals surface area contributed by atoms with Gasteiger partial charge in [0.1, 0.15) is 22.2 Å². The second-order valence-electron chi connectivity index (χ2n) is 6.12. The molecule has 8 nitrogen and oxygen atoms in total. The topological polar surface area (TPSA) is 108 Å². The van der Waals surface area contributed by atoms with E-state index >= 15 is 0 Å². The summed E-state index contributed by atoms with van der Waals surface area (Å²) in [5.41, 5.74) is 0.205. The van der Waals surface area contributed by atoms with E-state index in [0.717, 1.165) is 6.07 Å². The van der Waals surface area contributed by atoms with E-state index in [0.29, 0.717) is 0 Å². The van der Waals surface area contributed by atoms with Gasteiger partial charge in [-0.05, 0) is 25.1 Å². The summed E-state index contributed by atoms with van der Waals surface area (Å²) in [4.78, 5) is 13.4. The lowest BCUT2D eigenvalue weighted by atomic mass is 10.2. The van der Waals surface area contributed by atoms with Crippen LogP contribution >= 0.6 is 11.6 Å². The minimum atomic E-state index is -4.16. The Morgan fingerprint density at radius 2 is 2.04 bits per heavy atom. The molecule has 0 spiro atoms. The fourth-order valence-electron chi connectivity index (χ4n) is 2.50. The number of hydrogen-bond donors (Lipinski definition) is 2. The number of hydrogen-bond acceptors (Lipinski definition) is 5. The predicted octanol–water partition coefficient (Wildman–Crippen LogP) is 3.27. The number of sulfonamides is 1. The van der Waals surface area contributed by atoms with Crippen molar-refractivity contribution >= 4 is 33.2 Å². The van der Waals surface area contributed by atoms with Crippen molar-refractivity contribution in [1.82, 2.24) is 15.1 Å². The molecule has 0 unspecified atom stereocenters. The van der Waals surface area contributed by atoms with Gasteiger partial charge < -0.3 is 9.32 Å². The van der Waals surface area contributed by atoms with E-state index in [1.54, 1.807) is 14.1 Å². The van der Waals surface area contributed by atoms with Gasteiger partial charge in [-0.2, -0.15) is 5.10 Å². The van der Waals surface area contributed by atoms with E-state index in [1.807, 2.05) is 0 Å². The fourth-order valence-corrected chi connectivity index (χ4v) is 3.91. The van der Waals surface area contributed by atoms with Crippen LogP contribution in [-0.4, -0.2) is 43.5 Å². The van der Waals surface area contributed by atoms with E-state index in [2.05, 4.69) is 14.9 Å². The van der Waals surface area contributed by atoms with Crippen LogP contribution in [0.3, 0.4) is 0 Å². The third-order valence-corrected chi connectivity index (χ3v) is 5.57. The lowest BCUT2D eigenvalue weighted by molar-refractivity contribution is 0.0828. The normalized spacial score (nSPS) is 11.5. The molecule has 0 fully saturated rings. The molecule has 2 N–H and O–H groups in total. The maximum atomic E-state index is 14.0. The summed E-state index contributed by atoms with van der Waals surface area (Å²) in [7, 11) is -1.00. The van der Waals surface area contributed by atoms with Crippen LogP contribution in [0.25, 0.3) is 11.5 Å². The van der Waals surface area contributed by atoms with Crippen LogP contribution in [0.5, 0.6) is 0 Å². The highest BCUT2D eigenvalue weighted by Gasteiger charge is 2.26. The lowest BCUT2D eigenvalue weighted by Gasteiger charge is -2.09. The number of halogens is 2. The zero-order valence-electron chi connectivity index (χ0n) is 15.1. The first-order valence-corrected chi connectivity index (χ1v) is 9.80. The van der Waals surface area contributed by atoms with E-state index in [9.17, 15) is 17.6 Å². The zero-order valence-corrected chi connectivity index (χ0v) is 16.7. The second-order valence-corrected chi connectivity index (χ2v) is 8.21. The third kappa shape index (κ3) is 3.73. The van der Waals surface area contributed by atoms with Crippen LogP contribution < -0.4 is 4.72 Å². The van der Waals surface area contributed by atoms with E-state index < -0.39 is 15.8 Å². The van der Waals surface area contributed by atoms with Gasteiger partial charge in [0.2, 0.25) is 0 Å². The molecule has 28 heavy (non-hydrogen) atoms. The van der Waals surface area contributed by atoms with Gasteiger partial charge >= 0.3 is 0 Å². The molecular weight excluding hydrogens is 411 g/mol. The average molecular weight is 427 g/mol. The zero-order chi connectivity index (χ0) is 20.6. The van der Waals surface area contributed by atoms with Crippen LogP contribution in [0.4, 0.5) is 10.1 Å². The van der Waals surface area contributed by atoms with Crippen LogP contribution in [0.15, 0.2) is 39.8 Å². The van der Waals surface area contributed by atoms with Gasteiger partial charge in [0.25, 0.3) is 15.9 Å². The number of aromatic nitrogens is 2. The van der Waals surface area contributed by atoms with Crippen molar-refractivity contribution in [2.24, 2.45) is 0 Å². The maximum absolute atomic E-state index is 14.0. The quantitative estimate of drug-likeness (QED) is 0.650. The predicted molar refractivity (Wildman–Crippen MR) is 101 cm³/mol. The fraction of sp³-hybridized carbons (Fsp3) is 0.176. The minimum absolute atomic E-state index is 0.0646. The number of aromatic amines is 1. The monoisotopic (exact) mass is 426 g/mol. The summed E-state index contributed by atoms with van der Waals surface area (Å²) in [6.07, 6.45) is 1.32. The van der Waals surface area contributed by atoms with Gasteiger partial charge in [-0.25, -0.2) is 12.8 Å². The van der Waals surface area contributed by atoms with Gasteiger partial charge in [-0.15, -0.1) is 0 Å². The first-order valence-electron chi connectivity index (χ1n) is 7.94. The lowest BCUT2D eigenvalue weighted by Crippen LogP contribution is -2.21. The summed E-state index contributed by atoms with van der Waals surface area (Å²) in [6, 6.07) is 4.82. The Hall–Kier alpha value is -2.85. The molecule has 0 aliphatic rings. The van der Waals surface area contributed by atoms with Crippen molar-refractivity contribution < 1.29 is 22.0 Å². The van der Waals surface area contributed by atoms with Crippen LogP contribution in [0.1, 0.15) is 16.1 Å². The van der Waals surface area contributed by atoms with Crippen molar-refractivity contribution in [2.75, 3.05) is 18.8 Å². The number of nitrogens with one attached hydrogen (secondary N) is 2. The van der Waals surface area contributed by atoms with Crippen LogP contribution in [0.2, 0.25) is 5.02 Å². The number of rotatable bonds is 5. The first-order chi connectivity index (χ1) is 13.1. The molecule has 0 bridgehead atoms. The summed E-state index contributed by atoms with van der Waals surface area (Å²) >= 11 is 5.68. The van der Waals surface area contributed by atoms with E-state index in [1.165, 1.54) is 36.2 Å². The smallest absolute Gasteiger partial charge is 0.265 e. The molecular formula is C17H16ClFN4O4S. The van der Waals surface area contributed by atoms with Crippen molar-refractivity contribution in [3.05, 3.63) is 52.6 Å². The Morgan fingerprint density at radius 3 is 2.68 bits per heavy atom. The number of anilines is 1. The minimum Gasteiger partial charge on any atom is -0.458 e. The number of carbonyl (C=O) groups is 1. The van der Waals surface area contributed by atoms with Crippen LogP contribution in [0, 0.1) is 12.7 Å². The van der Waals surface area contributed by atoms with Gasteiger partial charge in [0, 0.05) is 25.2 Å². The van der Waals surface area contributed by atoms with Crippen molar-refractivity contribution in [3.8, 4) is 11.5 Å². The molecule has 0 radical (unpaired) electrons. The largest absolute Gasteiger partial charge is 0.458 e. The number of benzene rings is 1. The summed E-state index contributed by atoms with van der Waals surface area (Å²) in [5.74, 6) is -0.972. The van der Waals surface area contributed by atoms with Crippen molar-refractivity contribution in [1.29, 1.82) is 0 Å². The SMILES string of the molecule is Cc1oc(-c2[nH]ncc2C(=O)N(C)C)cc1S(=O)(=O)Nc1ccc(Cl)cc1F. The molecule has 3 rings (SSSR count). The number of furan rings is 1. The molecule has 148 valence electrons.